The Morgan fingerprint density at radius 3 is 2.71 bits per heavy atom. The first-order chi connectivity index (χ1) is 6.65. The average molecular weight is 194 g/mol. The van der Waals surface area contributed by atoms with E-state index in [4.69, 9.17) is 5.73 Å². The van der Waals surface area contributed by atoms with Gasteiger partial charge in [-0.05, 0) is 0 Å². The molecule has 0 saturated carbocycles. The van der Waals surface area contributed by atoms with Gasteiger partial charge in [-0.25, -0.2) is 4.79 Å². The summed E-state index contributed by atoms with van der Waals surface area (Å²) in [5.74, 6) is -0.490. The molecule has 0 amide bonds. The van der Waals surface area contributed by atoms with Gasteiger partial charge in [-0.3, -0.25) is 4.79 Å². The van der Waals surface area contributed by atoms with Crippen molar-refractivity contribution in [1.82, 2.24) is 4.98 Å². The first kappa shape index (κ1) is 10.0. The number of aromatic nitrogens is 1. The fourth-order valence-corrected chi connectivity index (χ4v) is 1.18. The fourth-order valence-electron chi connectivity index (χ4n) is 1.18. The van der Waals surface area contributed by atoms with Crippen molar-refractivity contribution in [2.75, 3.05) is 12.8 Å². The summed E-state index contributed by atoms with van der Waals surface area (Å²) in [6.07, 6.45) is 1.95. The number of hydrogen-bond donors (Lipinski definition) is 2. The molecule has 5 heteroatoms. The summed E-state index contributed by atoms with van der Waals surface area (Å²) in [7, 11) is 1.24. The molecule has 0 atom stereocenters. The minimum absolute atomic E-state index is 0.105. The van der Waals surface area contributed by atoms with Crippen molar-refractivity contribution < 1.29 is 14.3 Å². The number of aldehydes is 1. The predicted octanol–water partition coefficient (Wildman–Crippen LogP) is 0.839. The van der Waals surface area contributed by atoms with Gasteiger partial charge in [0.05, 0.1) is 12.8 Å². The molecular weight excluding hydrogens is 184 g/mol. The lowest BCUT2D eigenvalue weighted by Gasteiger charge is -1.98. The number of hydrogen-bond acceptors (Lipinski definition) is 4. The molecule has 14 heavy (non-hydrogen) atoms. The molecule has 0 spiro atoms. The van der Waals surface area contributed by atoms with Gasteiger partial charge in [-0.1, -0.05) is 12.7 Å². The zero-order valence-electron chi connectivity index (χ0n) is 7.66. The Morgan fingerprint density at radius 2 is 2.29 bits per heavy atom. The maximum atomic E-state index is 11.3. The van der Waals surface area contributed by atoms with E-state index in [-0.39, 0.29) is 17.1 Å². The smallest absolute Gasteiger partial charge is 0.342 e. The maximum absolute atomic E-state index is 11.3. The van der Waals surface area contributed by atoms with Crippen LogP contribution in [0.2, 0.25) is 0 Å². The summed E-state index contributed by atoms with van der Waals surface area (Å²) < 4.78 is 4.51. The van der Waals surface area contributed by atoms with E-state index in [1.807, 2.05) is 0 Å². The van der Waals surface area contributed by atoms with Gasteiger partial charge in [0.25, 0.3) is 0 Å². The number of methoxy groups -OCH3 is 1. The van der Waals surface area contributed by atoms with E-state index in [0.717, 1.165) is 0 Å². The Balaban J connectivity index is 3.40. The van der Waals surface area contributed by atoms with E-state index in [2.05, 4.69) is 16.3 Å². The maximum Gasteiger partial charge on any atom is 0.342 e. The number of nitrogens with two attached hydrogens (primary N) is 1. The molecule has 74 valence electrons. The quantitative estimate of drug-likeness (QED) is 0.551. The molecule has 0 aliphatic heterocycles. The molecule has 0 fully saturated rings. The van der Waals surface area contributed by atoms with Gasteiger partial charge >= 0.3 is 5.97 Å². The molecular formula is C9H10N2O3. The Labute approximate surface area is 80.6 Å². The summed E-state index contributed by atoms with van der Waals surface area (Å²) in [5, 5.41) is 0. The van der Waals surface area contributed by atoms with E-state index in [0.29, 0.717) is 11.8 Å². The lowest BCUT2D eigenvalue weighted by molar-refractivity contribution is 0.0602. The molecule has 0 saturated heterocycles. The standard InChI is InChI=1S/C9H10N2O3/c1-3-5-6(4-12)11-8(10)7(5)9(13)14-2/h3-4,11H,1,10H2,2H3. The SMILES string of the molecule is C=Cc1c(C=O)[nH]c(N)c1C(=O)OC. The third kappa shape index (κ3) is 1.39. The van der Waals surface area contributed by atoms with E-state index in [1.165, 1.54) is 13.2 Å². The van der Waals surface area contributed by atoms with Gasteiger partial charge in [-0.15, -0.1) is 0 Å². The van der Waals surface area contributed by atoms with Crippen LogP contribution in [0.3, 0.4) is 0 Å². The molecule has 0 aliphatic rings. The van der Waals surface area contributed by atoms with Crippen molar-refractivity contribution >= 4 is 24.1 Å². The Hall–Kier alpha value is -2.04. The summed E-state index contributed by atoms with van der Waals surface area (Å²) in [6, 6.07) is 0. The molecule has 1 aromatic rings. The lowest BCUT2D eigenvalue weighted by Crippen LogP contribution is -2.05. The molecule has 0 aromatic carbocycles. The largest absolute Gasteiger partial charge is 0.465 e. The van der Waals surface area contributed by atoms with Gasteiger partial charge in [0.2, 0.25) is 0 Å². The van der Waals surface area contributed by atoms with Crippen LogP contribution in [0.25, 0.3) is 6.08 Å². The van der Waals surface area contributed by atoms with Crippen LogP contribution in [0.1, 0.15) is 26.4 Å². The average Bonchev–Trinajstić information content (AvgIpc) is 2.53. The molecule has 0 bridgehead atoms. The second kappa shape index (κ2) is 3.78. The summed E-state index contributed by atoms with van der Waals surface area (Å²) in [6.45, 7) is 3.49. The number of carbonyl (C=O) groups is 2. The van der Waals surface area contributed by atoms with Gasteiger partial charge in [0.15, 0.2) is 6.29 Å². The monoisotopic (exact) mass is 194 g/mol. The Morgan fingerprint density at radius 1 is 1.64 bits per heavy atom. The summed E-state index contributed by atoms with van der Waals surface area (Å²) >= 11 is 0. The molecule has 0 aliphatic carbocycles. The van der Waals surface area contributed by atoms with E-state index >= 15 is 0 Å². The van der Waals surface area contributed by atoms with Crippen LogP contribution in [0.5, 0.6) is 0 Å². The molecule has 0 radical (unpaired) electrons. The predicted molar refractivity (Wildman–Crippen MR) is 52.0 cm³/mol. The molecule has 1 heterocycles. The zero-order valence-corrected chi connectivity index (χ0v) is 7.66. The van der Waals surface area contributed by atoms with Crippen LogP contribution >= 0.6 is 0 Å². The van der Waals surface area contributed by atoms with Crippen molar-refractivity contribution in [2.45, 2.75) is 0 Å². The first-order valence-corrected chi connectivity index (χ1v) is 3.83. The second-order valence-corrected chi connectivity index (χ2v) is 2.55. The van der Waals surface area contributed by atoms with Crippen molar-refractivity contribution in [1.29, 1.82) is 0 Å². The number of anilines is 1. The fraction of sp³-hybridized carbons (Fsp3) is 0.111. The highest BCUT2D eigenvalue weighted by Crippen LogP contribution is 2.21. The van der Waals surface area contributed by atoms with Crippen LogP contribution in [-0.2, 0) is 4.74 Å². The van der Waals surface area contributed by atoms with Gasteiger partial charge in [-0.2, -0.15) is 0 Å². The molecule has 3 N–H and O–H groups in total. The minimum Gasteiger partial charge on any atom is -0.465 e. The molecule has 1 rings (SSSR count). The summed E-state index contributed by atoms with van der Waals surface area (Å²) in [4.78, 5) is 24.4. The molecule has 1 aromatic heterocycles. The van der Waals surface area contributed by atoms with Crippen molar-refractivity contribution in [2.24, 2.45) is 0 Å². The number of H-pyrrole nitrogens is 1. The van der Waals surface area contributed by atoms with Crippen LogP contribution in [0.4, 0.5) is 5.82 Å². The van der Waals surface area contributed by atoms with Crippen LogP contribution < -0.4 is 5.73 Å². The van der Waals surface area contributed by atoms with Crippen LogP contribution in [0, 0.1) is 0 Å². The van der Waals surface area contributed by atoms with E-state index in [1.54, 1.807) is 0 Å². The number of aromatic amines is 1. The van der Waals surface area contributed by atoms with Crippen molar-refractivity contribution in [3.63, 3.8) is 0 Å². The second-order valence-electron chi connectivity index (χ2n) is 2.55. The van der Waals surface area contributed by atoms with Crippen molar-refractivity contribution in [3.05, 3.63) is 23.4 Å². The minimum atomic E-state index is -0.596. The summed E-state index contributed by atoms with van der Waals surface area (Å²) in [5.41, 5.74) is 6.24. The molecule has 0 unspecified atom stereocenters. The van der Waals surface area contributed by atoms with E-state index in [9.17, 15) is 9.59 Å². The van der Waals surface area contributed by atoms with Crippen molar-refractivity contribution in [3.8, 4) is 0 Å². The number of nitrogen functional groups attached to an aromatic ring is 1. The molecule has 5 nitrogen and oxygen atoms in total. The van der Waals surface area contributed by atoms with Crippen LogP contribution in [-0.4, -0.2) is 24.3 Å². The van der Waals surface area contributed by atoms with Gasteiger partial charge in [0.1, 0.15) is 11.4 Å². The highest BCUT2D eigenvalue weighted by atomic mass is 16.5. The first-order valence-electron chi connectivity index (χ1n) is 3.83. The van der Waals surface area contributed by atoms with Gasteiger partial charge < -0.3 is 15.5 Å². The Kier molecular flexibility index (Phi) is 2.71. The third-order valence-electron chi connectivity index (χ3n) is 1.81. The number of esters is 1. The normalized spacial score (nSPS) is 9.50. The highest BCUT2D eigenvalue weighted by molar-refractivity contribution is 6.02. The van der Waals surface area contributed by atoms with E-state index < -0.39 is 5.97 Å². The number of ether oxygens (including phenoxy) is 1. The highest BCUT2D eigenvalue weighted by Gasteiger charge is 2.19. The van der Waals surface area contributed by atoms with Crippen LogP contribution in [0.15, 0.2) is 6.58 Å². The van der Waals surface area contributed by atoms with Gasteiger partial charge in [0, 0.05) is 5.56 Å². The lowest BCUT2D eigenvalue weighted by atomic mass is 10.1. The third-order valence-corrected chi connectivity index (χ3v) is 1.81. The zero-order chi connectivity index (χ0) is 10.7. The Bertz CT molecular complexity index is 393. The topological polar surface area (TPSA) is 85.2 Å². The number of nitrogens with one attached hydrogen (secondary N) is 1. The number of carbonyl (C=O) groups excluding carboxylic acids is 2. The number of rotatable bonds is 3.